The first kappa shape index (κ1) is 21.4. The van der Waals surface area contributed by atoms with E-state index in [0.29, 0.717) is 22.7 Å². The van der Waals surface area contributed by atoms with E-state index in [1.54, 1.807) is 36.8 Å². The Kier molecular flexibility index (Phi) is 5.28. The number of pyridine rings is 1. The Bertz CT molecular complexity index is 1410. The van der Waals surface area contributed by atoms with E-state index in [-0.39, 0.29) is 0 Å². The molecule has 0 aliphatic carbocycles. The van der Waals surface area contributed by atoms with Crippen LogP contribution in [0.15, 0.2) is 72.1 Å². The van der Waals surface area contributed by atoms with Crippen LogP contribution >= 0.6 is 0 Å². The molecule has 5 rings (SSSR count). The summed E-state index contributed by atoms with van der Waals surface area (Å²) in [4.78, 5) is 8.94. The molecule has 10 heteroatoms. The van der Waals surface area contributed by atoms with Gasteiger partial charge in [-0.25, -0.2) is 22.4 Å². The second kappa shape index (κ2) is 8.14. The van der Waals surface area contributed by atoms with E-state index >= 15 is 0 Å². The van der Waals surface area contributed by atoms with Crippen LogP contribution in [-0.2, 0) is 15.8 Å². The Labute approximate surface area is 192 Å². The Morgan fingerprint density at radius 3 is 2.85 bits per heavy atom. The average Bonchev–Trinajstić information content (AvgIpc) is 3.20. The lowest BCUT2D eigenvalue weighted by Crippen LogP contribution is -2.49. The van der Waals surface area contributed by atoms with Crippen LogP contribution < -0.4 is 21.7 Å². The number of amidine groups is 1. The van der Waals surface area contributed by atoms with E-state index in [9.17, 15) is 8.42 Å². The lowest BCUT2D eigenvalue weighted by Gasteiger charge is -2.30. The molecular weight excluding hydrogens is 438 g/mol. The molecule has 0 radical (unpaired) electrons. The minimum Gasteiger partial charge on any atom is -0.351 e. The molecule has 170 valence electrons. The van der Waals surface area contributed by atoms with Crippen LogP contribution in [0.4, 0.5) is 5.82 Å². The minimum absolute atomic E-state index is 0.560. The van der Waals surface area contributed by atoms with Crippen molar-refractivity contribution in [2.75, 3.05) is 24.7 Å². The molecule has 0 spiro atoms. The van der Waals surface area contributed by atoms with Gasteiger partial charge >= 0.3 is 0 Å². The zero-order valence-corrected chi connectivity index (χ0v) is 18.9. The van der Waals surface area contributed by atoms with E-state index in [4.69, 9.17) is 5.73 Å². The monoisotopic (exact) mass is 463 g/mol. The summed E-state index contributed by atoms with van der Waals surface area (Å²) in [6.07, 6.45) is 11.0. The first-order valence-corrected chi connectivity index (χ1v) is 12.5. The molecule has 0 amide bonds. The van der Waals surface area contributed by atoms with Crippen LogP contribution in [0, 0.1) is 0 Å². The van der Waals surface area contributed by atoms with Crippen molar-refractivity contribution >= 4 is 38.2 Å². The third-order valence-corrected chi connectivity index (χ3v) is 6.76. The number of hydrogen-bond acceptors (Lipinski definition) is 8. The molecule has 3 aromatic rings. The number of fused-ring (bicyclic) bond motifs is 1. The molecule has 33 heavy (non-hydrogen) atoms. The number of benzene rings is 1. The molecule has 1 aromatic carbocycles. The summed E-state index contributed by atoms with van der Waals surface area (Å²) in [5.41, 5.74) is 10.0. The van der Waals surface area contributed by atoms with Crippen molar-refractivity contribution in [2.45, 2.75) is 12.2 Å². The number of rotatable bonds is 4. The fourth-order valence-electron chi connectivity index (χ4n) is 4.13. The first-order valence-electron chi connectivity index (χ1n) is 10.6. The van der Waals surface area contributed by atoms with Crippen LogP contribution in [0.3, 0.4) is 0 Å². The number of aliphatic imine (C=N–C) groups is 1. The SMILES string of the molecule is CS(=O)(=O)n1cc(C2=CCNCC2)c2cc(C3(N)N=C(Nc4ccccn4)C=CN3)ccc21. The van der Waals surface area contributed by atoms with Gasteiger partial charge in [0.2, 0.25) is 15.8 Å². The van der Waals surface area contributed by atoms with Crippen molar-refractivity contribution in [1.29, 1.82) is 0 Å². The second-order valence-corrected chi connectivity index (χ2v) is 9.96. The number of anilines is 1. The van der Waals surface area contributed by atoms with Gasteiger partial charge in [0, 0.05) is 41.7 Å². The summed E-state index contributed by atoms with van der Waals surface area (Å²) in [6.45, 7) is 1.59. The Morgan fingerprint density at radius 1 is 1.24 bits per heavy atom. The van der Waals surface area contributed by atoms with Gasteiger partial charge in [0.25, 0.3) is 0 Å². The van der Waals surface area contributed by atoms with Crippen molar-refractivity contribution in [3.63, 3.8) is 0 Å². The zero-order chi connectivity index (χ0) is 23.1. The second-order valence-electron chi connectivity index (χ2n) is 8.10. The van der Waals surface area contributed by atoms with Gasteiger partial charge in [0.1, 0.15) is 11.7 Å². The number of nitrogens with one attached hydrogen (secondary N) is 3. The molecule has 0 fully saturated rings. The molecule has 2 aliphatic rings. The molecule has 0 bridgehead atoms. The van der Waals surface area contributed by atoms with Gasteiger partial charge in [0.05, 0.1) is 11.8 Å². The van der Waals surface area contributed by atoms with Crippen LogP contribution in [0.25, 0.3) is 16.5 Å². The Hall–Kier alpha value is -3.47. The Balaban J connectivity index is 1.60. The van der Waals surface area contributed by atoms with E-state index in [1.807, 2.05) is 24.3 Å². The fraction of sp³-hybridized carbons (Fsp3) is 0.217. The maximum absolute atomic E-state index is 12.5. The topological polar surface area (TPSA) is 126 Å². The maximum atomic E-state index is 12.5. The molecule has 9 nitrogen and oxygen atoms in total. The predicted molar refractivity (Wildman–Crippen MR) is 131 cm³/mol. The third-order valence-electron chi connectivity index (χ3n) is 5.74. The smallest absolute Gasteiger partial charge is 0.236 e. The van der Waals surface area contributed by atoms with Gasteiger partial charge in [-0.2, -0.15) is 0 Å². The first-order chi connectivity index (χ1) is 15.8. The normalized spacial score (nSPS) is 20.8. The van der Waals surface area contributed by atoms with Crippen molar-refractivity contribution in [3.8, 4) is 0 Å². The molecule has 1 unspecified atom stereocenters. The minimum atomic E-state index is -3.47. The highest BCUT2D eigenvalue weighted by Gasteiger charge is 2.29. The third kappa shape index (κ3) is 4.15. The summed E-state index contributed by atoms with van der Waals surface area (Å²) in [6, 6.07) is 11.1. The van der Waals surface area contributed by atoms with Crippen LogP contribution in [0.5, 0.6) is 0 Å². The highest BCUT2D eigenvalue weighted by Crippen LogP contribution is 2.33. The fourth-order valence-corrected chi connectivity index (χ4v) is 4.94. The van der Waals surface area contributed by atoms with E-state index in [1.165, 1.54) is 10.2 Å². The van der Waals surface area contributed by atoms with E-state index in [2.05, 4.69) is 32.0 Å². The quantitative estimate of drug-likeness (QED) is 0.466. The van der Waals surface area contributed by atoms with Gasteiger partial charge in [-0.3, -0.25) is 5.73 Å². The lowest BCUT2D eigenvalue weighted by molar-refractivity contribution is 0.411. The highest BCUT2D eigenvalue weighted by molar-refractivity contribution is 7.89. The van der Waals surface area contributed by atoms with Gasteiger partial charge in [-0.1, -0.05) is 18.2 Å². The zero-order valence-electron chi connectivity index (χ0n) is 18.1. The molecule has 4 heterocycles. The molecule has 0 saturated carbocycles. The van der Waals surface area contributed by atoms with E-state index < -0.39 is 15.8 Å². The average molecular weight is 464 g/mol. The largest absolute Gasteiger partial charge is 0.351 e. The van der Waals surface area contributed by atoms with Gasteiger partial charge < -0.3 is 16.0 Å². The highest BCUT2D eigenvalue weighted by atomic mass is 32.2. The molecule has 1 atom stereocenters. The summed E-state index contributed by atoms with van der Waals surface area (Å²) in [5.74, 6) is -0.0106. The summed E-state index contributed by atoms with van der Waals surface area (Å²) in [7, 11) is -3.47. The molecule has 0 saturated heterocycles. The van der Waals surface area contributed by atoms with Crippen molar-refractivity contribution in [3.05, 3.63) is 78.3 Å². The van der Waals surface area contributed by atoms with Crippen molar-refractivity contribution in [2.24, 2.45) is 10.7 Å². The number of nitrogens with zero attached hydrogens (tertiary/aromatic N) is 3. The summed E-state index contributed by atoms with van der Waals surface area (Å²) in [5, 5.41) is 10.4. The van der Waals surface area contributed by atoms with Crippen molar-refractivity contribution < 1.29 is 8.42 Å². The lowest BCUT2D eigenvalue weighted by atomic mass is 9.97. The maximum Gasteiger partial charge on any atom is 0.236 e. The summed E-state index contributed by atoms with van der Waals surface area (Å²) >= 11 is 0. The van der Waals surface area contributed by atoms with Crippen LogP contribution in [-0.4, -0.2) is 42.6 Å². The van der Waals surface area contributed by atoms with Gasteiger partial charge in [-0.05, 0) is 48.9 Å². The van der Waals surface area contributed by atoms with Crippen molar-refractivity contribution in [1.82, 2.24) is 19.6 Å². The van der Waals surface area contributed by atoms with Gasteiger partial charge in [0.15, 0.2) is 0 Å². The number of aromatic nitrogens is 2. The Morgan fingerprint density at radius 2 is 2.12 bits per heavy atom. The molecule has 2 aromatic heterocycles. The summed E-state index contributed by atoms with van der Waals surface area (Å²) < 4.78 is 26.2. The molecule has 2 aliphatic heterocycles. The number of nitrogens with two attached hydrogens (primary N) is 1. The molecule has 5 N–H and O–H groups in total. The van der Waals surface area contributed by atoms with E-state index in [0.717, 1.165) is 36.0 Å². The number of hydrogen-bond donors (Lipinski definition) is 4. The van der Waals surface area contributed by atoms with Gasteiger partial charge in [-0.15, -0.1) is 0 Å². The predicted octanol–water partition coefficient (Wildman–Crippen LogP) is 1.92. The molecular formula is C23H25N7O2S. The van der Waals surface area contributed by atoms with Crippen LogP contribution in [0.2, 0.25) is 0 Å². The standard InChI is InChI=1S/C23H25N7O2S/c1-33(31,32)30-15-19(16-7-11-25-12-8-16)18-14-17(5-6-20(18)30)23(24)27-13-9-22(29-23)28-21-4-2-3-10-26-21/h2-7,9-10,13-15,25,27H,8,11-12,24H2,1H3,(H,26,28,29). The van der Waals surface area contributed by atoms with Crippen LogP contribution in [0.1, 0.15) is 17.5 Å².